The molecule has 0 saturated carbocycles. The highest BCUT2D eigenvalue weighted by atomic mass is 16.6. The van der Waals surface area contributed by atoms with E-state index in [4.69, 9.17) is 14.2 Å². The van der Waals surface area contributed by atoms with Gasteiger partial charge in [0.2, 0.25) is 17.7 Å². The van der Waals surface area contributed by atoms with Gasteiger partial charge in [-0.05, 0) is 31.2 Å². The SMILES string of the molecule is O=C1CC/C=C\CN(CCN2CCOCC2)C(=O)[C@H]2N(CCCCCO)C(=O)[C@@H]3[C@@H](C(=O)O[C@@H](c4ccccc4)CN1)[C@H]1C=C[C@]32O1. The summed E-state index contributed by atoms with van der Waals surface area (Å²) in [6.45, 7) is 4.67. The summed E-state index contributed by atoms with van der Waals surface area (Å²) >= 11 is 0. The number of likely N-dealkylation sites (tertiary alicyclic amines) is 1. The van der Waals surface area contributed by atoms with E-state index in [0.717, 1.165) is 18.7 Å². The van der Waals surface area contributed by atoms with Crippen LogP contribution in [0.25, 0.3) is 0 Å². The average Bonchev–Trinajstić information content (AvgIpc) is 3.73. The van der Waals surface area contributed by atoms with Crippen molar-refractivity contribution in [1.82, 2.24) is 20.0 Å². The van der Waals surface area contributed by atoms with Crippen LogP contribution in [0.4, 0.5) is 0 Å². The van der Waals surface area contributed by atoms with Gasteiger partial charge in [0.1, 0.15) is 23.7 Å². The smallest absolute Gasteiger partial charge is 0.313 e. The zero-order chi connectivity index (χ0) is 32.8. The van der Waals surface area contributed by atoms with Gasteiger partial charge in [0.05, 0.1) is 31.8 Å². The van der Waals surface area contributed by atoms with Gasteiger partial charge in [0, 0.05) is 52.3 Å². The van der Waals surface area contributed by atoms with Crippen LogP contribution in [0.3, 0.4) is 0 Å². The molecule has 6 atom stereocenters. The monoisotopic (exact) mass is 650 g/mol. The van der Waals surface area contributed by atoms with Crippen LogP contribution in [0.5, 0.6) is 0 Å². The van der Waals surface area contributed by atoms with Gasteiger partial charge < -0.3 is 34.4 Å². The van der Waals surface area contributed by atoms with E-state index >= 15 is 0 Å². The number of carbonyl (C=O) groups is 4. The van der Waals surface area contributed by atoms with Crippen LogP contribution in [-0.2, 0) is 33.4 Å². The molecule has 5 aliphatic rings. The highest BCUT2D eigenvalue weighted by molar-refractivity contribution is 5.99. The fourth-order valence-corrected chi connectivity index (χ4v) is 7.52. The predicted octanol–water partition coefficient (Wildman–Crippen LogP) is 1.21. The number of aliphatic hydroxyl groups excluding tert-OH is 1. The lowest BCUT2D eigenvalue weighted by molar-refractivity contribution is -0.159. The van der Waals surface area contributed by atoms with Gasteiger partial charge in [-0.15, -0.1) is 0 Å². The molecular weight excluding hydrogens is 604 g/mol. The standard InChI is InChI=1S/C35H46N4O8/c40-21-9-3-8-16-39-31-33(43)38(18-17-37-19-22-45-23-20-37)15-7-2-6-12-28(41)36-24-27(25-10-4-1-5-11-25)46-34(44)29-26-13-14-35(31,47-26)30(29)32(39)42/h1-2,4-5,7,10-11,13-14,26-27,29-31,40H,3,6,8-9,12,15-24H2,(H,36,41)/b7-2-/t26-,27-,29+,30+,31-,35+/m1/s1. The van der Waals surface area contributed by atoms with Crippen LogP contribution in [0.2, 0.25) is 0 Å². The van der Waals surface area contributed by atoms with Crippen LogP contribution in [-0.4, -0.2) is 127 Å². The highest BCUT2D eigenvalue weighted by Gasteiger charge is 2.73. The predicted molar refractivity (Wildman–Crippen MR) is 171 cm³/mol. The minimum absolute atomic E-state index is 0.0506. The summed E-state index contributed by atoms with van der Waals surface area (Å²) in [5, 5.41) is 12.3. The van der Waals surface area contributed by atoms with Crippen molar-refractivity contribution in [2.24, 2.45) is 11.8 Å². The third-order valence-corrected chi connectivity index (χ3v) is 9.98. The molecule has 3 saturated heterocycles. The lowest BCUT2D eigenvalue weighted by atomic mass is 9.74. The number of cyclic esters (lactones) is 1. The second-order valence-electron chi connectivity index (χ2n) is 12.9. The number of amides is 3. The lowest BCUT2D eigenvalue weighted by Gasteiger charge is -2.37. The van der Waals surface area contributed by atoms with Crippen molar-refractivity contribution in [3.05, 3.63) is 60.2 Å². The summed E-state index contributed by atoms with van der Waals surface area (Å²) in [6, 6.07) is 8.27. The van der Waals surface area contributed by atoms with Crippen molar-refractivity contribution in [3.8, 4) is 0 Å². The van der Waals surface area contributed by atoms with E-state index in [1.54, 1.807) is 15.9 Å². The summed E-state index contributed by atoms with van der Waals surface area (Å²) in [4.78, 5) is 61.6. The minimum atomic E-state index is -1.30. The van der Waals surface area contributed by atoms with E-state index in [1.165, 1.54) is 0 Å². The van der Waals surface area contributed by atoms with Crippen LogP contribution in [0, 0.1) is 11.8 Å². The third kappa shape index (κ3) is 7.01. The van der Waals surface area contributed by atoms with E-state index in [2.05, 4.69) is 10.2 Å². The first-order valence-electron chi connectivity index (χ1n) is 17.0. The number of aliphatic hydroxyl groups is 1. The summed E-state index contributed by atoms with van der Waals surface area (Å²) in [6.07, 6.45) is 8.56. The van der Waals surface area contributed by atoms with Gasteiger partial charge in [-0.1, -0.05) is 54.6 Å². The number of carbonyl (C=O) groups excluding carboxylic acids is 4. The number of esters is 1. The Balaban J connectivity index is 1.34. The number of allylic oxidation sites excluding steroid dienone is 1. The minimum Gasteiger partial charge on any atom is -0.455 e. The maximum Gasteiger partial charge on any atom is 0.313 e. The quantitative estimate of drug-likeness (QED) is 0.230. The molecule has 47 heavy (non-hydrogen) atoms. The molecule has 5 heterocycles. The highest BCUT2D eigenvalue weighted by Crippen LogP contribution is 2.55. The molecule has 254 valence electrons. The zero-order valence-corrected chi connectivity index (χ0v) is 26.8. The second kappa shape index (κ2) is 15.1. The molecule has 12 heteroatoms. The Morgan fingerprint density at radius 3 is 2.53 bits per heavy atom. The Morgan fingerprint density at radius 2 is 1.74 bits per heavy atom. The number of nitrogens with one attached hydrogen (secondary N) is 1. The van der Waals surface area contributed by atoms with Crippen LogP contribution in [0.1, 0.15) is 43.8 Å². The number of hydrogen-bond acceptors (Lipinski definition) is 9. The molecule has 2 N–H and O–H groups in total. The number of benzene rings is 1. The first kappa shape index (κ1) is 33.3. The molecule has 1 aromatic carbocycles. The Kier molecular flexibility index (Phi) is 10.7. The molecule has 3 fully saturated rings. The Labute approximate surface area is 275 Å². The molecule has 0 unspecified atom stereocenters. The van der Waals surface area contributed by atoms with Crippen molar-refractivity contribution >= 4 is 23.7 Å². The molecule has 5 bridgehead atoms. The number of rotatable bonds is 9. The molecule has 0 aromatic heterocycles. The third-order valence-electron chi connectivity index (χ3n) is 9.98. The Bertz CT molecular complexity index is 1350. The maximum absolute atomic E-state index is 14.7. The summed E-state index contributed by atoms with van der Waals surface area (Å²) in [5.74, 6) is -3.15. The van der Waals surface area contributed by atoms with Crippen LogP contribution in [0.15, 0.2) is 54.6 Å². The lowest BCUT2D eigenvalue weighted by Crippen LogP contribution is -2.57. The van der Waals surface area contributed by atoms with Crippen molar-refractivity contribution in [2.75, 3.05) is 65.6 Å². The van der Waals surface area contributed by atoms with E-state index in [9.17, 15) is 24.3 Å². The molecule has 0 radical (unpaired) electrons. The fourth-order valence-electron chi connectivity index (χ4n) is 7.52. The first-order chi connectivity index (χ1) is 22.9. The van der Waals surface area contributed by atoms with Gasteiger partial charge in [-0.25, -0.2) is 0 Å². The average molecular weight is 651 g/mol. The Hall–Kier alpha value is -3.58. The van der Waals surface area contributed by atoms with E-state index in [1.807, 2.05) is 48.6 Å². The van der Waals surface area contributed by atoms with Crippen molar-refractivity contribution in [3.63, 3.8) is 0 Å². The van der Waals surface area contributed by atoms with Crippen molar-refractivity contribution in [1.29, 1.82) is 0 Å². The van der Waals surface area contributed by atoms with Gasteiger partial charge in [-0.2, -0.15) is 0 Å². The van der Waals surface area contributed by atoms with Gasteiger partial charge in [0.15, 0.2) is 0 Å². The largest absolute Gasteiger partial charge is 0.455 e. The normalized spacial score (nSPS) is 32.4. The number of ether oxygens (including phenoxy) is 3. The van der Waals surface area contributed by atoms with Crippen LogP contribution < -0.4 is 5.32 Å². The number of morpholine rings is 1. The number of unbranched alkanes of at least 4 members (excludes halogenated alkanes) is 2. The van der Waals surface area contributed by atoms with Gasteiger partial charge in [-0.3, -0.25) is 24.1 Å². The topological polar surface area (TPSA) is 138 Å². The second-order valence-corrected chi connectivity index (χ2v) is 12.9. The number of fused-ring (bicyclic) bond motifs is 2. The molecule has 5 aliphatic heterocycles. The molecule has 0 aliphatic carbocycles. The number of nitrogens with zero attached hydrogens (tertiary/aromatic N) is 3. The van der Waals surface area contributed by atoms with E-state index in [0.29, 0.717) is 65.1 Å². The molecule has 3 amide bonds. The van der Waals surface area contributed by atoms with Crippen LogP contribution >= 0.6 is 0 Å². The Morgan fingerprint density at radius 1 is 0.936 bits per heavy atom. The number of hydrogen-bond donors (Lipinski definition) is 2. The molecule has 6 rings (SSSR count). The molecular formula is C35H46N4O8. The molecule has 1 spiro atoms. The summed E-state index contributed by atoms with van der Waals surface area (Å²) in [5.41, 5.74) is -0.578. The van der Waals surface area contributed by atoms with E-state index < -0.39 is 41.7 Å². The van der Waals surface area contributed by atoms with Crippen molar-refractivity contribution < 1.29 is 38.5 Å². The van der Waals surface area contributed by atoms with Gasteiger partial charge >= 0.3 is 5.97 Å². The maximum atomic E-state index is 14.7. The fraction of sp³-hybridized carbons (Fsp3) is 0.600. The summed E-state index contributed by atoms with van der Waals surface area (Å²) < 4.78 is 18.2. The zero-order valence-electron chi connectivity index (χ0n) is 26.8. The van der Waals surface area contributed by atoms with Gasteiger partial charge in [0.25, 0.3) is 0 Å². The van der Waals surface area contributed by atoms with Crippen molar-refractivity contribution in [2.45, 2.75) is 56.0 Å². The molecule has 1 aromatic rings. The molecule has 12 nitrogen and oxygen atoms in total. The van der Waals surface area contributed by atoms with E-state index in [-0.39, 0.29) is 37.3 Å². The summed E-state index contributed by atoms with van der Waals surface area (Å²) in [7, 11) is 0. The first-order valence-corrected chi connectivity index (χ1v) is 17.0.